The van der Waals surface area contributed by atoms with Crippen LogP contribution in [0.3, 0.4) is 0 Å². The SMILES string of the molecule is O=C(Cc1c(F)cccc1Cl)Nc1ccc(CCBr)cc1. The minimum absolute atomic E-state index is 0.0886. The van der Waals surface area contributed by atoms with Crippen molar-refractivity contribution in [1.29, 1.82) is 0 Å². The second-order valence-electron chi connectivity index (χ2n) is 4.56. The summed E-state index contributed by atoms with van der Waals surface area (Å²) in [6.07, 6.45) is 0.841. The van der Waals surface area contributed by atoms with Crippen LogP contribution in [0.1, 0.15) is 11.1 Å². The van der Waals surface area contributed by atoms with E-state index in [1.54, 1.807) is 6.07 Å². The van der Waals surface area contributed by atoms with Gasteiger partial charge < -0.3 is 5.32 Å². The number of hydrogen-bond acceptors (Lipinski definition) is 1. The fourth-order valence-corrected chi connectivity index (χ4v) is 2.62. The summed E-state index contributed by atoms with van der Waals surface area (Å²) in [5.74, 6) is -0.763. The van der Waals surface area contributed by atoms with Crippen molar-refractivity contribution in [3.63, 3.8) is 0 Å². The van der Waals surface area contributed by atoms with Crippen LogP contribution in [0.2, 0.25) is 5.02 Å². The molecule has 110 valence electrons. The fourth-order valence-electron chi connectivity index (χ4n) is 1.93. The molecule has 0 aliphatic carbocycles. The summed E-state index contributed by atoms with van der Waals surface area (Å²) < 4.78 is 13.6. The maximum atomic E-state index is 13.6. The van der Waals surface area contributed by atoms with Gasteiger partial charge in [0.2, 0.25) is 5.91 Å². The van der Waals surface area contributed by atoms with E-state index in [0.717, 1.165) is 11.8 Å². The molecule has 0 saturated heterocycles. The molecule has 0 bridgehead atoms. The second-order valence-corrected chi connectivity index (χ2v) is 5.76. The van der Waals surface area contributed by atoms with Crippen molar-refractivity contribution in [2.24, 2.45) is 0 Å². The Morgan fingerprint density at radius 1 is 1.19 bits per heavy atom. The summed E-state index contributed by atoms with van der Waals surface area (Å²) in [5.41, 5.74) is 2.08. The lowest BCUT2D eigenvalue weighted by Crippen LogP contribution is -2.15. The molecule has 0 unspecified atom stereocenters. The van der Waals surface area contributed by atoms with Gasteiger partial charge in [-0.1, -0.05) is 45.7 Å². The predicted molar refractivity (Wildman–Crippen MR) is 87.7 cm³/mol. The average Bonchev–Trinajstić information content (AvgIpc) is 2.45. The number of halogens is 3. The molecule has 0 aromatic heterocycles. The molecule has 2 nitrogen and oxygen atoms in total. The van der Waals surface area contributed by atoms with Crippen molar-refractivity contribution in [3.05, 3.63) is 64.4 Å². The van der Waals surface area contributed by atoms with Crippen LogP contribution in [0, 0.1) is 5.82 Å². The van der Waals surface area contributed by atoms with Crippen LogP contribution in [0.5, 0.6) is 0 Å². The van der Waals surface area contributed by atoms with Crippen molar-refractivity contribution in [1.82, 2.24) is 0 Å². The van der Waals surface area contributed by atoms with E-state index in [2.05, 4.69) is 21.2 Å². The summed E-state index contributed by atoms with van der Waals surface area (Å²) >= 11 is 9.29. The van der Waals surface area contributed by atoms with Gasteiger partial charge in [0, 0.05) is 21.6 Å². The lowest BCUT2D eigenvalue weighted by atomic mass is 10.1. The Labute approximate surface area is 136 Å². The van der Waals surface area contributed by atoms with Crippen molar-refractivity contribution in [2.75, 3.05) is 10.6 Å². The first-order chi connectivity index (χ1) is 10.1. The largest absolute Gasteiger partial charge is 0.326 e. The van der Waals surface area contributed by atoms with Crippen molar-refractivity contribution in [2.45, 2.75) is 12.8 Å². The van der Waals surface area contributed by atoms with E-state index in [9.17, 15) is 9.18 Å². The summed E-state index contributed by atoms with van der Waals surface area (Å²) in [6.45, 7) is 0. The lowest BCUT2D eigenvalue weighted by molar-refractivity contribution is -0.115. The van der Waals surface area contributed by atoms with Gasteiger partial charge in [-0.15, -0.1) is 0 Å². The van der Waals surface area contributed by atoms with Crippen LogP contribution in [-0.2, 0) is 17.6 Å². The Bertz CT molecular complexity index is 610. The summed E-state index contributed by atoms with van der Waals surface area (Å²) in [6, 6.07) is 11.9. The first-order valence-corrected chi connectivity index (χ1v) is 7.97. The third-order valence-corrected chi connectivity index (χ3v) is 3.77. The highest BCUT2D eigenvalue weighted by atomic mass is 79.9. The number of benzene rings is 2. The number of alkyl halides is 1. The van der Waals surface area contributed by atoms with Crippen molar-refractivity contribution in [3.8, 4) is 0 Å². The van der Waals surface area contributed by atoms with Crippen molar-refractivity contribution < 1.29 is 9.18 Å². The van der Waals surface area contributed by atoms with E-state index in [1.165, 1.54) is 17.7 Å². The molecule has 0 heterocycles. The molecule has 2 aromatic rings. The van der Waals surface area contributed by atoms with E-state index >= 15 is 0 Å². The van der Waals surface area contributed by atoms with E-state index < -0.39 is 5.82 Å². The molecule has 1 amide bonds. The fraction of sp³-hybridized carbons (Fsp3) is 0.188. The first kappa shape index (κ1) is 16.0. The lowest BCUT2D eigenvalue weighted by Gasteiger charge is -2.08. The number of carbonyl (C=O) groups excluding carboxylic acids is 1. The molecule has 0 radical (unpaired) electrons. The monoisotopic (exact) mass is 369 g/mol. The third-order valence-electron chi connectivity index (χ3n) is 3.02. The molecular weight excluding hydrogens is 357 g/mol. The van der Waals surface area contributed by atoms with Crippen LogP contribution >= 0.6 is 27.5 Å². The van der Waals surface area contributed by atoms with Gasteiger partial charge in [0.1, 0.15) is 5.82 Å². The van der Waals surface area contributed by atoms with Gasteiger partial charge >= 0.3 is 0 Å². The molecule has 0 spiro atoms. The number of carbonyl (C=O) groups is 1. The molecule has 0 fully saturated rings. The third kappa shape index (κ3) is 4.55. The Morgan fingerprint density at radius 2 is 1.90 bits per heavy atom. The quantitative estimate of drug-likeness (QED) is 0.766. The summed E-state index contributed by atoms with van der Waals surface area (Å²) in [4.78, 5) is 12.0. The van der Waals surface area contributed by atoms with Crippen LogP contribution in [-0.4, -0.2) is 11.2 Å². The summed E-state index contributed by atoms with van der Waals surface area (Å²) in [7, 11) is 0. The van der Waals surface area contributed by atoms with Gasteiger partial charge in [-0.05, 0) is 36.2 Å². The number of amides is 1. The molecule has 0 aliphatic rings. The predicted octanol–water partition coefficient (Wildman–Crippen LogP) is 4.60. The molecule has 0 atom stereocenters. The molecule has 2 rings (SSSR count). The van der Waals surface area contributed by atoms with Gasteiger partial charge in [0.25, 0.3) is 0 Å². The van der Waals surface area contributed by atoms with Crippen molar-refractivity contribution >= 4 is 39.1 Å². The standard InChI is InChI=1S/C16H14BrClFNO/c17-9-8-11-4-6-12(7-5-11)20-16(21)10-13-14(18)2-1-3-15(13)19/h1-7H,8-10H2,(H,20,21). The molecule has 21 heavy (non-hydrogen) atoms. The Kier molecular flexibility index (Phi) is 5.76. The topological polar surface area (TPSA) is 29.1 Å². The number of nitrogens with one attached hydrogen (secondary N) is 1. The van der Waals surface area contributed by atoms with Crippen LogP contribution in [0.15, 0.2) is 42.5 Å². The first-order valence-electron chi connectivity index (χ1n) is 6.48. The zero-order valence-electron chi connectivity index (χ0n) is 11.2. The maximum Gasteiger partial charge on any atom is 0.228 e. The van der Waals surface area contributed by atoms with Gasteiger partial charge in [-0.3, -0.25) is 4.79 Å². The van der Waals surface area contributed by atoms with Gasteiger partial charge in [0.05, 0.1) is 6.42 Å². The Balaban J connectivity index is 2.01. The van der Waals surface area contributed by atoms with E-state index in [0.29, 0.717) is 5.69 Å². The molecule has 0 saturated carbocycles. The van der Waals surface area contributed by atoms with Crippen LogP contribution < -0.4 is 5.32 Å². The van der Waals surface area contributed by atoms with Gasteiger partial charge in [-0.25, -0.2) is 4.39 Å². The number of anilines is 1. The van der Waals surface area contributed by atoms with E-state index in [-0.39, 0.29) is 22.9 Å². The van der Waals surface area contributed by atoms with Gasteiger partial charge in [-0.2, -0.15) is 0 Å². The second kappa shape index (κ2) is 7.57. The smallest absolute Gasteiger partial charge is 0.228 e. The number of rotatable bonds is 5. The minimum atomic E-state index is -0.467. The zero-order chi connectivity index (χ0) is 15.2. The zero-order valence-corrected chi connectivity index (χ0v) is 13.5. The molecular formula is C16H14BrClFNO. The normalized spacial score (nSPS) is 10.4. The highest BCUT2D eigenvalue weighted by Crippen LogP contribution is 2.20. The highest BCUT2D eigenvalue weighted by molar-refractivity contribution is 9.09. The van der Waals surface area contributed by atoms with Crippen LogP contribution in [0.4, 0.5) is 10.1 Å². The molecule has 1 N–H and O–H groups in total. The van der Waals surface area contributed by atoms with E-state index in [4.69, 9.17) is 11.6 Å². The van der Waals surface area contributed by atoms with Gasteiger partial charge in [0.15, 0.2) is 0 Å². The Morgan fingerprint density at radius 3 is 2.52 bits per heavy atom. The van der Waals surface area contributed by atoms with Crippen LogP contribution in [0.25, 0.3) is 0 Å². The summed E-state index contributed by atoms with van der Waals surface area (Å²) in [5, 5.41) is 3.89. The average molecular weight is 371 g/mol. The molecule has 2 aromatic carbocycles. The number of hydrogen-bond donors (Lipinski definition) is 1. The maximum absolute atomic E-state index is 13.6. The Hall–Kier alpha value is -1.39. The number of aryl methyl sites for hydroxylation is 1. The minimum Gasteiger partial charge on any atom is -0.326 e. The molecule has 0 aliphatic heterocycles. The molecule has 5 heteroatoms. The highest BCUT2D eigenvalue weighted by Gasteiger charge is 2.12. The van der Waals surface area contributed by atoms with E-state index in [1.807, 2.05) is 24.3 Å².